The summed E-state index contributed by atoms with van der Waals surface area (Å²) < 4.78 is 0. The molecule has 1 heterocycles. The highest BCUT2D eigenvalue weighted by Gasteiger charge is 2.15. The van der Waals surface area contributed by atoms with Gasteiger partial charge in [-0.05, 0) is 29.7 Å². The number of fused-ring (bicyclic) bond motifs is 3. The average molecular weight is 253 g/mol. The number of hydrogen-bond acceptors (Lipinski definition) is 1. The Kier molecular flexibility index (Phi) is 3.03. The third kappa shape index (κ3) is 2.02. The summed E-state index contributed by atoms with van der Waals surface area (Å²) in [5.74, 6) is 0.280. The highest BCUT2D eigenvalue weighted by molar-refractivity contribution is 6.07. The molecule has 0 saturated carbocycles. The molecule has 2 aromatic carbocycles. The Bertz CT molecular complexity index is 713. The Morgan fingerprint density at radius 1 is 1.05 bits per heavy atom. The van der Waals surface area contributed by atoms with E-state index in [4.69, 9.17) is 0 Å². The first-order chi connectivity index (χ1) is 9.20. The molecule has 2 N–H and O–H groups in total. The van der Waals surface area contributed by atoms with Gasteiger partial charge in [-0.15, -0.1) is 0 Å². The molecular formula is C17H19NO. The number of hydrogen-bond donors (Lipinski definition) is 2. The minimum absolute atomic E-state index is 0.280. The molecule has 3 aromatic rings. The fourth-order valence-electron chi connectivity index (χ4n) is 2.60. The average Bonchev–Trinajstić information content (AvgIpc) is 2.83. The van der Waals surface area contributed by atoms with Gasteiger partial charge < -0.3 is 10.1 Å². The van der Waals surface area contributed by atoms with Crippen LogP contribution >= 0.6 is 0 Å². The van der Waals surface area contributed by atoms with E-state index in [1.807, 2.05) is 18.2 Å². The van der Waals surface area contributed by atoms with Gasteiger partial charge in [-0.3, -0.25) is 0 Å². The lowest BCUT2D eigenvalue weighted by atomic mass is 9.94. The molecule has 0 saturated heterocycles. The summed E-state index contributed by atoms with van der Waals surface area (Å²) in [6.07, 6.45) is 0.593. The number of rotatable bonds is 3. The van der Waals surface area contributed by atoms with Gasteiger partial charge in [0.2, 0.25) is 0 Å². The minimum atomic E-state index is -0.386. The van der Waals surface area contributed by atoms with Crippen LogP contribution in [0.2, 0.25) is 0 Å². The molecule has 3 rings (SSSR count). The van der Waals surface area contributed by atoms with Crippen molar-refractivity contribution < 1.29 is 5.11 Å². The summed E-state index contributed by atoms with van der Waals surface area (Å²) >= 11 is 0. The highest BCUT2D eigenvalue weighted by atomic mass is 16.3. The normalized spacial score (nSPS) is 14.9. The van der Waals surface area contributed by atoms with Crippen LogP contribution in [0.4, 0.5) is 0 Å². The molecule has 2 nitrogen and oxygen atoms in total. The predicted octanol–water partition coefficient (Wildman–Crippen LogP) is 4.40. The fourth-order valence-corrected chi connectivity index (χ4v) is 2.60. The number of aromatic nitrogens is 1. The van der Waals surface area contributed by atoms with Crippen molar-refractivity contribution in [2.45, 2.75) is 26.4 Å². The molecule has 0 amide bonds. The maximum absolute atomic E-state index is 10.3. The molecule has 98 valence electrons. The molecule has 0 radical (unpaired) electrons. The van der Waals surface area contributed by atoms with E-state index in [9.17, 15) is 5.11 Å². The van der Waals surface area contributed by atoms with Crippen molar-refractivity contribution in [3.8, 4) is 0 Å². The van der Waals surface area contributed by atoms with E-state index in [1.165, 1.54) is 10.8 Å². The van der Waals surface area contributed by atoms with E-state index in [0.29, 0.717) is 0 Å². The van der Waals surface area contributed by atoms with Crippen LogP contribution in [0.25, 0.3) is 21.8 Å². The first-order valence-electron chi connectivity index (χ1n) is 6.89. The van der Waals surface area contributed by atoms with Gasteiger partial charge in [0.15, 0.2) is 0 Å². The zero-order valence-corrected chi connectivity index (χ0v) is 11.4. The highest BCUT2D eigenvalue weighted by Crippen LogP contribution is 2.30. The van der Waals surface area contributed by atoms with Crippen LogP contribution in [0, 0.1) is 5.92 Å². The van der Waals surface area contributed by atoms with Crippen LogP contribution in [-0.4, -0.2) is 10.1 Å². The second-order valence-electron chi connectivity index (χ2n) is 5.31. The Labute approximate surface area is 113 Å². The molecule has 2 unspecified atom stereocenters. The van der Waals surface area contributed by atoms with Gasteiger partial charge in [0.05, 0.1) is 6.10 Å². The van der Waals surface area contributed by atoms with Gasteiger partial charge in [-0.1, -0.05) is 44.5 Å². The van der Waals surface area contributed by atoms with Gasteiger partial charge in [0.25, 0.3) is 0 Å². The SMILES string of the molecule is CCC(C)C(O)c1ccc2[nH]c3ccccc3c2c1. The van der Waals surface area contributed by atoms with E-state index in [1.54, 1.807) is 0 Å². The number of aliphatic hydroxyl groups excluding tert-OH is 1. The first kappa shape index (κ1) is 12.2. The lowest BCUT2D eigenvalue weighted by Crippen LogP contribution is -2.07. The number of para-hydroxylation sites is 1. The van der Waals surface area contributed by atoms with Crippen molar-refractivity contribution in [1.29, 1.82) is 0 Å². The van der Waals surface area contributed by atoms with Gasteiger partial charge in [-0.2, -0.15) is 0 Å². The zero-order valence-electron chi connectivity index (χ0n) is 11.4. The number of nitrogens with one attached hydrogen (secondary N) is 1. The summed E-state index contributed by atoms with van der Waals surface area (Å²) in [7, 11) is 0. The largest absolute Gasteiger partial charge is 0.388 e. The third-order valence-electron chi connectivity index (χ3n) is 4.05. The molecule has 0 aliphatic carbocycles. The van der Waals surface area contributed by atoms with Crippen molar-refractivity contribution in [1.82, 2.24) is 4.98 Å². The van der Waals surface area contributed by atoms with Crippen LogP contribution in [0.5, 0.6) is 0 Å². The molecule has 1 aromatic heterocycles. The topological polar surface area (TPSA) is 36.0 Å². The number of benzene rings is 2. The quantitative estimate of drug-likeness (QED) is 0.713. The van der Waals surface area contributed by atoms with E-state index in [-0.39, 0.29) is 12.0 Å². The van der Waals surface area contributed by atoms with Gasteiger partial charge in [0.1, 0.15) is 0 Å². The maximum atomic E-state index is 10.3. The Hall–Kier alpha value is -1.80. The molecule has 2 heteroatoms. The second kappa shape index (κ2) is 4.71. The van der Waals surface area contributed by atoms with Crippen molar-refractivity contribution in [2.75, 3.05) is 0 Å². The maximum Gasteiger partial charge on any atom is 0.0815 e. The second-order valence-corrected chi connectivity index (χ2v) is 5.31. The summed E-state index contributed by atoms with van der Waals surface area (Å²) in [5.41, 5.74) is 3.28. The number of aromatic amines is 1. The first-order valence-corrected chi connectivity index (χ1v) is 6.89. The van der Waals surface area contributed by atoms with E-state index in [2.05, 4.69) is 43.1 Å². The summed E-state index contributed by atoms with van der Waals surface area (Å²) in [6.45, 7) is 4.20. The Balaban J connectivity index is 2.16. The third-order valence-corrected chi connectivity index (χ3v) is 4.05. The van der Waals surface area contributed by atoms with Crippen molar-refractivity contribution in [2.24, 2.45) is 5.92 Å². The van der Waals surface area contributed by atoms with Crippen molar-refractivity contribution in [3.05, 3.63) is 48.0 Å². The van der Waals surface area contributed by atoms with Crippen molar-refractivity contribution >= 4 is 21.8 Å². The molecule has 19 heavy (non-hydrogen) atoms. The number of H-pyrrole nitrogens is 1. The monoisotopic (exact) mass is 253 g/mol. The smallest absolute Gasteiger partial charge is 0.0815 e. The predicted molar refractivity (Wildman–Crippen MR) is 80.2 cm³/mol. The van der Waals surface area contributed by atoms with Gasteiger partial charge in [-0.25, -0.2) is 0 Å². The van der Waals surface area contributed by atoms with E-state index < -0.39 is 0 Å². The number of aliphatic hydroxyl groups is 1. The lowest BCUT2D eigenvalue weighted by Gasteiger charge is -2.17. The minimum Gasteiger partial charge on any atom is -0.388 e. The molecule has 2 atom stereocenters. The zero-order chi connectivity index (χ0) is 13.4. The van der Waals surface area contributed by atoms with E-state index in [0.717, 1.165) is 23.0 Å². The van der Waals surface area contributed by atoms with Crippen LogP contribution in [0.1, 0.15) is 31.9 Å². The van der Waals surface area contributed by atoms with Crippen LogP contribution in [-0.2, 0) is 0 Å². The van der Waals surface area contributed by atoms with Crippen LogP contribution in [0.15, 0.2) is 42.5 Å². The van der Waals surface area contributed by atoms with Gasteiger partial charge >= 0.3 is 0 Å². The molecule has 0 fully saturated rings. The molecule has 0 bridgehead atoms. The molecule has 0 spiro atoms. The molecular weight excluding hydrogens is 234 g/mol. The molecule has 0 aliphatic heterocycles. The van der Waals surface area contributed by atoms with Gasteiger partial charge in [0, 0.05) is 21.8 Å². The lowest BCUT2D eigenvalue weighted by molar-refractivity contribution is 0.115. The standard InChI is InChI=1S/C17H19NO/c1-3-11(2)17(19)12-8-9-16-14(10-12)13-6-4-5-7-15(13)18-16/h4-11,17-19H,3H2,1-2H3. The van der Waals surface area contributed by atoms with Crippen LogP contribution in [0.3, 0.4) is 0 Å². The van der Waals surface area contributed by atoms with Crippen LogP contribution < -0.4 is 0 Å². The summed E-state index contributed by atoms with van der Waals surface area (Å²) in [6, 6.07) is 14.5. The van der Waals surface area contributed by atoms with Crippen molar-refractivity contribution in [3.63, 3.8) is 0 Å². The Morgan fingerprint density at radius 3 is 2.58 bits per heavy atom. The van der Waals surface area contributed by atoms with E-state index >= 15 is 0 Å². The molecule has 0 aliphatic rings. The Morgan fingerprint density at radius 2 is 1.79 bits per heavy atom. The summed E-state index contributed by atoms with van der Waals surface area (Å²) in [5, 5.41) is 12.8. The summed E-state index contributed by atoms with van der Waals surface area (Å²) in [4.78, 5) is 3.41. The fraction of sp³-hybridized carbons (Fsp3) is 0.294.